The Labute approximate surface area is 215 Å². The van der Waals surface area contributed by atoms with E-state index >= 15 is 0 Å². The zero-order valence-corrected chi connectivity index (χ0v) is 21.0. The van der Waals surface area contributed by atoms with Gasteiger partial charge in [-0.2, -0.15) is 8.42 Å². The number of morpholine rings is 1. The number of aliphatic hydroxyl groups is 1. The van der Waals surface area contributed by atoms with Gasteiger partial charge >= 0.3 is 0 Å². The average molecular weight is 531 g/mol. The first kappa shape index (κ1) is 28.2. The van der Waals surface area contributed by atoms with Crippen LogP contribution in [-0.4, -0.2) is 78.4 Å². The SMILES string of the molecule is O=Cc1c(O)cccc1OC[C@@H]1COCCN1Cc1cccnc1CCO.O=S(=O)(O)c1ccccc1. The van der Waals surface area contributed by atoms with Crippen molar-refractivity contribution in [2.24, 2.45) is 0 Å². The maximum atomic E-state index is 11.2. The molecule has 1 atom stereocenters. The van der Waals surface area contributed by atoms with Crippen LogP contribution < -0.4 is 4.74 Å². The van der Waals surface area contributed by atoms with Crippen molar-refractivity contribution in [3.8, 4) is 11.5 Å². The van der Waals surface area contributed by atoms with Crippen LogP contribution in [0.2, 0.25) is 0 Å². The van der Waals surface area contributed by atoms with Crippen molar-refractivity contribution in [1.29, 1.82) is 0 Å². The predicted octanol–water partition coefficient (Wildman–Crippen LogP) is 2.35. The highest BCUT2D eigenvalue weighted by atomic mass is 32.2. The monoisotopic (exact) mass is 530 g/mol. The molecule has 3 aromatic rings. The van der Waals surface area contributed by atoms with Crippen molar-refractivity contribution in [3.05, 3.63) is 83.7 Å². The van der Waals surface area contributed by atoms with E-state index < -0.39 is 10.1 Å². The lowest BCUT2D eigenvalue weighted by atomic mass is 10.1. The third kappa shape index (κ3) is 8.34. The number of pyridine rings is 1. The molecule has 10 nitrogen and oxygen atoms in total. The number of carbonyl (C=O) groups excluding carboxylic acids is 1. The van der Waals surface area contributed by atoms with Gasteiger partial charge in [0.1, 0.15) is 18.1 Å². The first-order valence-corrected chi connectivity index (χ1v) is 13.1. The maximum Gasteiger partial charge on any atom is 0.294 e. The number of aromatic nitrogens is 1. The van der Waals surface area contributed by atoms with Gasteiger partial charge in [0.05, 0.1) is 29.7 Å². The van der Waals surface area contributed by atoms with E-state index in [1.165, 1.54) is 18.2 Å². The average Bonchev–Trinajstić information content (AvgIpc) is 2.90. The minimum Gasteiger partial charge on any atom is -0.507 e. The zero-order valence-electron chi connectivity index (χ0n) is 20.1. The summed E-state index contributed by atoms with van der Waals surface area (Å²) in [5.41, 5.74) is 2.12. The molecule has 1 fully saturated rings. The highest BCUT2D eigenvalue weighted by Gasteiger charge is 2.25. The third-order valence-corrected chi connectivity index (χ3v) is 6.56. The molecular formula is C26H30N2O8S. The summed E-state index contributed by atoms with van der Waals surface area (Å²) in [5.74, 6) is 0.265. The van der Waals surface area contributed by atoms with Crippen LogP contribution in [-0.2, 0) is 27.8 Å². The summed E-state index contributed by atoms with van der Waals surface area (Å²) in [6, 6.07) is 16.1. The number of aldehydes is 1. The molecule has 0 aliphatic carbocycles. The fourth-order valence-electron chi connectivity index (χ4n) is 3.77. The molecule has 0 radical (unpaired) electrons. The maximum absolute atomic E-state index is 11.2. The van der Waals surface area contributed by atoms with Gasteiger partial charge in [0.25, 0.3) is 10.1 Å². The van der Waals surface area contributed by atoms with E-state index in [0.717, 1.165) is 17.8 Å². The molecule has 37 heavy (non-hydrogen) atoms. The van der Waals surface area contributed by atoms with Gasteiger partial charge in [0.2, 0.25) is 0 Å². The van der Waals surface area contributed by atoms with Crippen LogP contribution in [0.15, 0.2) is 71.8 Å². The second-order valence-corrected chi connectivity index (χ2v) is 9.61. The van der Waals surface area contributed by atoms with E-state index in [-0.39, 0.29) is 28.9 Å². The van der Waals surface area contributed by atoms with Crippen molar-refractivity contribution in [2.45, 2.75) is 23.9 Å². The molecule has 0 unspecified atom stereocenters. The summed E-state index contributed by atoms with van der Waals surface area (Å²) in [6.07, 6.45) is 2.85. The van der Waals surface area contributed by atoms with Gasteiger partial charge in [-0.3, -0.25) is 19.2 Å². The Morgan fingerprint density at radius 1 is 1.11 bits per heavy atom. The molecular weight excluding hydrogens is 500 g/mol. The van der Waals surface area contributed by atoms with Crippen LogP contribution in [0, 0.1) is 0 Å². The van der Waals surface area contributed by atoms with Crippen molar-refractivity contribution in [1.82, 2.24) is 9.88 Å². The lowest BCUT2D eigenvalue weighted by Gasteiger charge is -2.35. The van der Waals surface area contributed by atoms with Crippen molar-refractivity contribution >= 4 is 16.4 Å². The zero-order chi connectivity index (χ0) is 26.7. The summed E-state index contributed by atoms with van der Waals surface area (Å²) in [6.45, 7) is 2.98. The number of nitrogens with zero attached hydrogens (tertiary/aromatic N) is 2. The molecule has 0 bridgehead atoms. The molecule has 1 aliphatic heterocycles. The van der Waals surface area contributed by atoms with Crippen molar-refractivity contribution in [2.75, 3.05) is 33.0 Å². The number of phenolic OH excluding ortho intramolecular Hbond substituents is 1. The van der Waals surface area contributed by atoms with Gasteiger partial charge in [-0.05, 0) is 35.9 Å². The van der Waals surface area contributed by atoms with E-state index in [0.29, 0.717) is 44.8 Å². The molecule has 1 aliphatic rings. The molecule has 4 rings (SSSR count). The Hall–Kier alpha value is -3.35. The molecule has 3 N–H and O–H groups in total. The smallest absolute Gasteiger partial charge is 0.294 e. The Morgan fingerprint density at radius 2 is 1.89 bits per heavy atom. The number of phenols is 1. The summed E-state index contributed by atoms with van der Waals surface area (Å²) < 4.78 is 40.7. The van der Waals surface area contributed by atoms with Crippen molar-refractivity contribution in [3.63, 3.8) is 0 Å². The number of ether oxygens (including phenoxy) is 2. The molecule has 0 spiro atoms. The second kappa shape index (κ2) is 13.8. The van der Waals surface area contributed by atoms with E-state index in [1.807, 2.05) is 12.1 Å². The van der Waals surface area contributed by atoms with Gasteiger partial charge in [-0.15, -0.1) is 0 Å². The Bertz CT molecular complexity index is 1250. The Balaban J connectivity index is 0.000000319. The second-order valence-electron chi connectivity index (χ2n) is 8.19. The van der Waals surface area contributed by atoms with Gasteiger partial charge in [-0.25, -0.2) is 0 Å². The standard InChI is InChI=1S/C20H24N2O5.C6H6O3S/c23-9-6-18-15(3-2-7-21-18)11-22-8-10-26-13-16(22)14-27-20-5-1-4-19(25)17(20)12-24;7-10(8,9)6-4-2-1-3-5-6/h1-5,7,12,16,23,25H,6,8-11,13-14H2;1-5H,(H,7,8,9)/t16-;/m0./s1. The first-order valence-electron chi connectivity index (χ1n) is 11.6. The lowest BCUT2D eigenvalue weighted by molar-refractivity contribution is -0.0276. The number of aromatic hydroxyl groups is 1. The molecule has 0 saturated carbocycles. The number of rotatable bonds is 9. The number of hydrogen-bond acceptors (Lipinski definition) is 9. The quantitative estimate of drug-likeness (QED) is 0.278. The fourth-order valence-corrected chi connectivity index (χ4v) is 4.27. The highest BCUT2D eigenvalue weighted by molar-refractivity contribution is 7.85. The minimum atomic E-state index is -4.00. The predicted molar refractivity (Wildman–Crippen MR) is 135 cm³/mol. The lowest BCUT2D eigenvalue weighted by Crippen LogP contribution is -2.48. The number of benzene rings is 2. The number of aliphatic hydroxyl groups excluding tert-OH is 1. The number of hydrogen-bond donors (Lipinski definition) is 3. The van der Waals surface area contributed by atoms with E-state index in [1.54, 1.807) is 36.5 Å². The van der Waals surface area contributed by atoms with E-state index in [9.17, 15) is 23.4 Å². The van der Waals surface area contributed by atoms with Crippen LogP contribution in [0.25, 0.3) is 0 Å². The molecule has 1 aromatic heterocycles. The summed E-state index contributed by atoms with van der Waals surface area (Å²) >= 11 is 0. The van der Waals surface area contributed by atoms with Crippen LogP contribution in [0.5, 0.6) is 11.5 Å². The topological polar surface area (TPSA) is 146 Å². The fraction of sp³-hybridized carbons (Fsp3) is 0.308. The molecule has 1 saturated heterocycles. The van der Waals surface area contributed by atoms with E-state index in [4.69, 9.17) is 14.0 Å². The Kier molecular flexibility index (Phi) is 10.5. The van der Waals surface area contributed by atoms with Gasteiger partial charge < -0.3 is 19.7 Å². The third-order valence-electron chi connectivity index (χ3n) is 5.69. The Morgan fingerprint density at radius 3 is 2.57 bits per heavy atom. The van der Waals surface area contributed by atoms with Crippen LogP contribution in [0.1, 0.15) is 21.6 Å². The van der Waals surface area contributed by atoms with Gasteiger partial charge in [-0.1, -0.05) is 30.3 Å². The molecule has 0 amide bonds. The summed E-state index contributed by atoms with van der Waals surface area (Å²) in [7, 11) is -4.00. The van der Waals surface area contributed by atoms with Crippen LogP contribution in [0.4, 0.5) is 0 Å². The molecule has 11 heteroatoms. The summed E-state index contributed by atoms with van der Waals surface area (Å²) in [4.78, 5) is 17.8. The van der Waals surface area contributed by atoms with Crippen LogP contribution >= 0.6 is 0 Å². The number of carbonyl (C=O) groups is 1. The first-order chi connectivity index (χ1) is 17.8. The minimum absolute atomic E-state index is 0.00258. The van der Waals surface area contributed by atoms with Gasteiger partial charge in [0, 0.05) is 38.0 Å². The summed E-state index contributed by atoms with van der Waals surface area (Å²) in [5, 5.41) is 19.0. The van der Waals surface area contributed by atoms with E-state index in [2.05, 4.69) is 9.88 Å². The molecule has 2 heterocycles. The molecule has 2 aromatic carbocycles. The van der Waals surface area contributed by atoms with Crippen molar-refractivity contribution < 1.29 is 37.5 Å². The molecule has 198 valence electrons. The van der Waals surface area contributed by atoms with Gasteiger partial charge in [0.15, 0.2) is 6.29 Å². The highest BCUT2D eigenvalue weighted by Crippen LogP contribution is 2.26. The largest absolute Gasteiger partial charge is 0.507 e. The normalized spacial score (nSPS) is 15.9. The van der Waals surface area contributed by atoms with Crippen LogP contribution in [0.3, 0.4) is 0 Å².